The van der Waals surface area contributed by atoms with Crippen LogP contribution in [0.5, 0.6) is 5.75 Å². The molecule has 2 aliphatic carbocycles. The van der Waals surface area contributed by atoms with Crippen LogP contribution in [-0.2, 0) is 23.8 Å². The van der Waals surface area contributed by atoms with E-state index in [1.807, 2.05) is 19.9 Å². The van der Waals surface area contributed by atoms with Crippen molar-refractivity contribution in [3.8, 4) is 23.1 Å². The van der Waals surface area contributed by atoms with Crippen molar-refractivity contribution < 1.29 is 42.9 Å². The maximum absolute atomic E-state index is 13.8. The minimum atomic E-state index is -1.42. The van der Waals surface area contributed by atoms with Crippen molar-refractivity contribution in [3.05, 3.63) is 82.0 Å². The van der Waals surface area contributed by atoms with Crippen LogP contribution in [0, 0.1) is 39.9 Å². The molecule has 6 rings (SSSR count). The number of hydrogen-bond acceptors (Lipinski definition) is 12. The zero-order valence-electron chi connectivity index (χ0n) is 29.5. The van der Waals surface area contributed by atoms with E-state index in [-0.39, 0.29) is 35.7 Å². The predicted molar refractivity (Wildman–Crippen MR) is 181 cm³/mol. The molecule has 3 heterocycles. The number of nitriles is 1. The zero-order valence-corrected chi connectivity index (χ0v) is 29.5. The first-order valence-electron chi connectivity index (χ1n) is 17.1. The van der Waals surface area contributed by atoms with Crippen LogP contribution in [0.4, 0.5) is 0 Å². The minimum Gasteiger partial charge on any atom is -0.482 e. The van der Waals surface area contributed by atoms with E-state index < -0.39 is 76.0 Å². The number of aliphatic hydroxyl groups excluding tert-OH is 1. The molecule has 12 heteroatoms. The maximum atomic E-state index is 13.8. The summed E-state index contributed by atoms with van der Waals surface area (Å²) in [5, 5.41) is 21.6. The van der Waals surface area contributed by atoms with Crippen LogP contribution >= 0.6 is 0 Å². The fraction of sp³-hybridized carbons (Fsp3) is 0.487. The van der Waals surface area contributed by atoms with Gasteiger partial charge in [0.05, 0.1) is 29.2 Å². The van der Waals surface area contributed by atoms with Gasteiger partial charge in [0, 0.05) is 42.3 Å². The number of nitrogens with zero attached hydrogens (tertiary/aromatic N) is 2. The molecule has 0 spiro atoms. The Hall–Kier alpha value is -5.02. The fourth-order valence-electron chi connectivity index (χ4n) is 8.85. The first kappa shape index (κ1) is 35.8. The lowest BCUT2D eigenvalue weighted by Crippen LogP contribution is -2.71. The molecule has 0 saturated heterocycles. The smallest absolute Gasteiger partial charge is 0.345 e. The Balaban J connectivity index is 1.49. The van der Waals surface area contributed by atoms with E-state index in [9.17, 15) is 29.5 Å². The van der Waals surface area contributed by atoms with E-state index in [0.717, 1.165) is 0 Å². The summed E-state index contributed by atoms with van der Waals surface area (Å²) < 4.78 is 30.6. The maximum Gasteiger partial charge on any atom is 0.345 e. The lowest BCUT2D eigenvalue weighted by molar-refractivity contribution is -0.267. The van der Waals surface area contributed by atoms with E-state index >= 15 is 0 Å². The summed E-state index contributed by atoms with van der Waals surface area (Å²) in [6.07, 6.45) is 1.01. The van der Waals surface area contributed by atoms with Crippen LogP contribution in [0.1, 0.15) is 88.4 Å². The molecule has 1 N–H and O–H groups in total. The number of carbonyl (C=O) groups excluding carboxylic acids is 3. The van der Waals surface area contributed by atoms with E-state index in [4.69, 9.17) is 23.4 Å². The normalized spacial score (nSPS) is 30.8. The molecule has 3 aliphatic rings. The standard InChI is InChI=1S/C39H42N2O10/c1-21(2)34(44)47-20-38(5)28-17-30(50-35(45)24-11-9-23(18-40)10-12-24)39(6)33(37(28,4)14-13-29(38)48-22(3)42)32(43)31-27(51-39)16-26(49-36(31)46)25-8-7-15-41-19-25/h7-12,15-16,19,21,28-30,32-33,43H,13-14,17,20H2,1-6H3/t28?,29-,30-,32?,33?,37-,38-,39+/m0/s1. The first-order chi connectivity index (χ1) is 24.1. The lowest BCUT2D eigenvalue weighted by atomic mass is 9.42. The van der Waals surface area contributed by atoms with E-state index in [2.05, 4.69) is 4.98 Å². The molecule has 3 unspecified atom stereocenters. The summed E-state index contributed by atoms with van der Waals surface area (Å²) in [6, 6.07) is 13.0. The molecule has 268 valence electrons. The number of aromatic nitrogens is 1. The fourth-order valence-corrected chi connectivity index (χ4v) is 8.85. The third-order valence-corrected chi connectivity index (χ3v) is 11.3. The summed E-state index contributed by atoms with van der Waals surface area (Å²) in [7, 11) is 0. The Kier molecular flexibility index (Phi) is 9.31. The highest BCUT2D eigenvalue weighted by Gasteiger charge is 2.71. The molecule has 0 bridgehead atoms. The highest BCUT2D eigenvalue weighted by Crippen LogP contribution is 2.67. The van der Waals surface area contributed by atoms with Gasteiger partial charge in [-0.15, -0.1) is 0 Å². The number of benzene rings is 1. The van der Waals surface area contributed by atoms with Gasteiger partial charge in [-0.2, -0.15) is 5.26 Å². The zero-order chi connectivity index (χ0) is 36.9. The topological polar surface area (TPSA) is 175 Å². The van der Waals surface area contributed by atoms with E-state index in [0.29, 0.717) is 24.0 Å². The van der Waals surface area contributed by atoms with Crippen molar-refractivity contribution in [3.63, 3.8) is 0 Å². The summed E-state index contributed by atoms with van der Waals surface area (Å²) in [5.74, 6) is -3.05. The summed E-state index contributed by atoms with van der Waals surface area (Å²) in [4.78, 5) is 56.9. The lowest BCUT2D eigenvalue weighted by Gasteiger charge is -2.66. The van der Waals surface area contributed by atoms with Crippen LogP contribution in [-0.4, -0.2) is 52.4 Å². The van der Waals surface area contributed by atoms with Gasteiger partial charge < -0.3 is 28.5 Å². The van der Waals surface area contributed by atoms with Gasteiger partial charge in [-0.1, -0.05) is 27.7 Å². The van der Waals surface area contributed by atoms with Gasteiger partial charge in [-0.3, -0.25) is 14.6 Å². The van der Waals surface area contributed by atoms with Crippen molar-refractivity contribution in [1.82, 2.24) is 4.98 Å². The van der Waals surface area contributed by atoms with Crippen molar-refractivity contribution in [2.75, 3.05) is 6.61 Å². The summed E-state index contributed by atoms with van der Waals surface area (Å²) in [6.45, 7) is 10.3. The second-order valence-electron chi connectivity index (χ2n) is 14.9. The monoisotopic (exact) mass is 698 g/mol. The predicted octanol–water partition coefficient (Wildman–Crippen LogP) is 5.56. The summed E-state index contributed by atoms with van der Waals surface area (Å²) >= 11 is 0. The molecule has 0 radical (unpaired) electrons. The first-order valence-corrected chi connectivity index (χ1v) is 17.1. The third kappa shape index (κ3) is 6.18. The van der Waals surface area contributed by atoms with Gasteiger partial charge in [0.1, 0.15) is 41.5 Å². The Morgan fingerprint density at radius 2 is 1.82 bits per heavy atom. The Labute approximate surface area is 295 Å². The third-order valence-electron chi connectivity index (χ3n) is 11.3. The molecule has 8 atom stereocenters. The van der Waals surface area contributed by atoms with Crippen LogP contribution in [0.3, 0.4) is 0 Å². The van der Waals surface area contributed by atoms with Gasteiger partial charge in [0.25, 0.3) is 0 Å². The number of fused-ring (bicyclic) bond motifs is 4. The molecule has 3 aromatic rings. The highest BCUT2D eigenvalue weighted by atomic mass is 16.6. The van der Waals surface area contributed by atoms with Gasteiger partial charge in [0.15, 0.2) is 0 Å². The quantitative estimate of drug-likeness (QED) is 0.241. The average Bonchev–Trinajstić information content (AvgIpc) is 3.09. The molecular weight excluding hydrogens is 656 g/mol. The van der Waals surface area contributed by atoms with Crippen molar-refractivity contribution in [2.24, 2.45) is 28.6 Å². The second kappa shape index (κ2) is 13.3. The molecule has 2 fully saturated rings. The molecule has 12 nitrogen and oxygen atoms in total. The van der Waals surface area contributed by atoms with E-state index in [1.165, 1.54) is 37.4 Å². The van der Waals surface area contributed by atoms with Crippen LogP contribution in [0.15, 0.2) is 64.1 Å². The van der Waals surface area contributed by atoms with Crippen LogP contribution in [0.2, 0.25) is 0 Å². The Morgan fingerprint density at radius 1 is 1.10 bits per heavy atom. The van der Waals surface area contributed by atoms with Crippen molar-refractivity contribution in [2.45, 2.75) is 84.7 Å². The van der Waals surface area contributed by atoms with Crippen LogP contribution in [0.25, 0.3) is 11.3 Å². The number of hydrogen-bond donors (Lipinski definition) is 1. The Bertz CT molecular complexity index is 1940. The largest absolute Gasteiger partial charge is 0.482 e. The van der Waals surface area contributed by atoms with Gasteiger partial charge in [-0.25, -0.2) is 9.59 Å². The number of pyridine rings is 1. The average molecular weight is 699 g/mol. The van der Waals surface area contributed by atoms with E-state index in [1.54, 1.807) is 45.2 Å². The van der Waals surface area contributed by atoms with Gasteiger partial charge in [0.2, 0.25) is 0 Å². The summed E-state index contributed by atoms with van der Waals surface area (Å²) in [5.41, 5.74) is -2.95. The van der Waals surface area contributed by atoms with Crippen molar-refractivity contribution in [1.29, 1.82) is 5.26 Å². The number of rotatable bonds is 7. The number of ether oxygens (including phenoxy) is 4. The molecule has 2 aromatic heterocycles. The Morgan fingerprint density at radius 3 is 2.45 bits per heavy atom. The highest BCUT2D eigenvalue weighted by molar-refractivity contribution is 5.89. The number of aliphatic hydroxyl groups is 1. The minimum absolute atomic E-state index is 0.0563. The van der Waals surface area contributed by atoms with Gasteiger partial charge >= 0.3 is 23.5 Å². The molecule has 51 heavy (non-hydrogen) atoms. The molecule has 0 amide bonds. The molecule has 1 aliphatic heterocycles. The molecular formula is C39H42N2O10. The second-order valence-corrected chi connectivity index (χ2v) is 14.9. The number of esters is 3. The van der Waals surface area contributed by atoms with Crippen LogP contribution < -0.4 is 10.4 Å². The molecule has 2 saturated carbocycles. The van der Waals surface area contributed by atoms with Crippen molar-refractivity contribution >= 4 is 17.9 Å². The van der Waals surface area contributed by atoms with Gasteiger partial charge in [-0.05, 0) is 73.9 Å². The molecule has 1 aromatic carbocycles. The number of carbonyl (C=O) groups is 3. The SMILES string of the molecule is CC(=O)O[C@H]1CC[C@@]2(C)C(C[C@H](OC(=O)c3ccc(C#N)cc3)[C@@]3(C)Oc4cc(-c5cccnc5)oc(=O)c4C(O)C23)[C@]1(C)COC(=O)C(C)C.